The molecule has 1 amide bonds. The third-order valence-corrected chi connectivity index (χ3v) is 3.09. The van der Waals surface area contributed by atoms with Gasteiger partial charge in [0, 0.05) is 31.8 Å². The van der Waals surface area contributed by atoms with Gasteiger partial charge in [-0.15, -0.1) is 0 Å². The number of carbonyl (C=O) groups is 1. The summed E-state index contributed by atoms with van der Waals surface area (Å²) in [5.41, 5.74) is 1.01. The van der Waals surface area contributed by atoms with E-state index in [1.807, 2.05) is 32.0 Å². The van der Waals surface area contributed by atoms with Gasteiger partial charge in [0.1, 0.15) is 11.5 Å². The van der Waals surface area contributed by atoms with E-state index >= 15 is 0 Å². The van der Waals surface area contributed by atoms with Crippen LogP contribution >= 0.6 is 0 Å². The summed E-state index contributed by atoms with van der Waals surface area (Å²) < 4.78 is 10.8. The lowest BCUT2D eigenvalue weighted by atomic mass is 10.2. The van der Waals surface area contributed by atoms with Crippen LogP contribution in [0.2, 0.25) is 0 Å². The zero-order valence-corrected chi connectivity index (χ0v) is 12.7. The van der Waals surface area contributed by atoms with Gasteiger partial charge < -0.3 is 19.7 Å². The van der Waals surface area contributed by atoms with Crippen LogP contribution in [0, 0.1) is 0 Å². The normalized spacial score (nSPS) is 10.2. The molecule has 0 atom stereocenters. The molecule has 0 fully saturated rings. The minimum atomic E-state index is -0.0373. The maximum absolute atomic E-state index is 11.8. The molecule has 5 nitrogen and oxygen atoms in total. The van der Waals surface area contributed by atoms with Crippen LogP contribution in [0.3, 0.4) is 0 Å². The number of rotatable bonds is 8. The number of hydrogen-bond donors (Lipinski definition) is 1. The van der Waals surface area contributed by atoms with Crippen LogP contribution in [-0.2, 0) is 11.3 Å². The van der Waals surface area contributed by atoms with E-state index in [2.05, 4.69) is 5.32 Å². The fourth-order valence-corrected chi connectivity index (χ4v) is 1.63. The smallest absolute Gasteiger partial charge is 0.260 e. The number of likely N-dealkylation sites (N-methyl/N-ethyl adjacent to an activating group) is 1. The molecule has 0 bridgehead atoms. The number of nitrogens with zero attached hydrogens (tertiary/aromatic N) is 1. The molecule has 0 aromatic heterocycles. The van der Waals surface area contributed by atoms with Gasteiger partial charge in [-0.2, -0.15) is 0 Å². The fourth-order valence-electron chi connectivity index (χ4n) is 1.63. The van der Waals surface area contributed by atoms with E-state index in [9.17, 15) is 4.79 Å². The zero-order valence-electron chi connectivity index (χ0n) is 12.7. The first kappa shape index (κ1) is 16.3. The number of benzene rings is 1. The first-order chi connectivity index (χ1) is 9.62. The van der Waals surface area contributed by atoms with E-state index in [0.717, 1.165) is 17.9 Å². The molecule has 20 heavy (non-hydrogen) atoms. The summed E-state index contributed by atoms with van der Waals surface area (Å²) in [4.78, 5) is 13.4. The molecule has 1 N–H and O–H groups in total. The first-order valence-corrected chi connectivity index (χ1v) is 6.86. The van der Waals surface area contributed by atoms with Gasteiger partial charge >= 0.3 is 0 Å². The summed E-state index contributed by atoms with van der Waals surface area (Å²) in [6.45, 7) is 6.27. The summed E-state index contributed by atoms with van der Waals surface area (Å²) >= 11 is 0. The summed E-state index contributed by atoms with van der Waals surface area (Å²) in [7, 11) is 3.37. The van der Waals surface area contributed by atoms with Crippen molar-refractivity contribution in [2.45, 2.75) is 20.4 Å². The molecule has 0 aliphatic heterocycles. The zero-order chi connectivity index (χ0) is 15.0. The van der Waals surface area contributed by atoms with Gasteiger partial charge in [0.05, 0.1) is 7.11 Å². The molecule has 112 valence electrons. The van der Waals surface area contributed by atoms with Crippen molar-refractivity contribution in [2.24, 2.45) is 0 Å². The summed E-state index contributed by atoms with van der Waals surface area (Å²) in [5, 5.41) is 3.25. The second kappa shape index (κ2) is 8.43. The third kappa shape index (κ3) is 4.74. The Hall–Kier alpha value is -1.75. The topological polar surface area (TPSA) is 50.8 Å². The van der Waals surface area contributed by atoms with Crippen molar-refractivity contribution >= 4 is 5.91 Å². The molecule has 0 aliphatic rings. The van der Waals surface area contributed by atoms with Crippen molar-refractivity contribution in [1.82, 2.24) is 10.2 Å². The lowest BCUT2D eigenvalue weighted by Gasteiger charge is -2.17. The minimum Gasteiger partial charge on any atom is -0.497 e. The highest BCUT2D eigenvalue weighted by Crippen LogP contribution is 2.24. The van der Waals surface area contributed by atoms with Gasteiger partial charge in [-0.3, -0.25) is 4.79 Å². The van der Waals surface area contributed by atoms with Gasteiger partial charge in [-0.1, -0.05) is 13.0 Å². The summed E-state index contributed by atoms with van der Waals surface area (Å²) in [5.74, 6) is 1.37. The lowest BCUT2D eigenvalue weighted by Crippen LogP contribution is -2.31. The molecule has 1 rings (SSSR count). The Bertz CT molecular complexity index is 435. The fraction of sp³-hybridized carbons (Fsp3) is 0.533. The van der Waals surface area contributed by atoms with E-state index < -0.39 is 0 Å². The number of carbonyl (C=O) groups excluding carboxylic acids is 1. The number of ether oxygens (including phenoxy) is 2. The minimum absolute atomic E-state index is 0.0373. The van der Waals surface area contributed by atoms with E-state index in [-0.39, 0.29) is 12.5 Å². The summed E-state index contributed by atoms with van der Waals surface area (Å²) in [6, 6.07) is 5.65. The molecule has 1 aromatic carbocycles. The molecule has 0 heterocycles. The second-order valence-electron chi connectivity index (χ2n) is 4.45. The maximum Gasteiger partial charge on any atom is 0.260 e. The summed E-state index contributed by atoms with van der Waals surface area (Å²) in [6.07, 6.45) is 0. The van der Waals surface area contributed by atoms with Crippen LogP contribution in [0.25, 0.3) is 0 Å². The van der Waals surface area contributed by atoms with Crippen molar-refractivity contribution < 1.29 is 14.3 Å². The SMILES string of the molecule is CCNCc1ccc(OC)cc1OCC(=O)N(C)CC. The Morgan fingerprint density at radius 3 is 2.70 bits per heavy atom. The van der Waals surface area contributed by atoms with Crippen LogP contribution < -0.4 is 14.8 Å². The monoisotopic (exact) mass is 280 g/mol. The first-order valence-electron chi connectivity index (χ1n) is 6.86. The second-order valence-corrected chi connectivity index (χ2v) is 4.45. The molecule has 0 aliphatic carbocycles. The molecule has 0 saturated heterocycles. The lowest BCUT2D eigenvalue weighted by molar-refractivity contribution is -0.131. The van der Waals surface area contributed by atoms with E-state index in [0.29, 0.717) is 18.8 Å². The number of hydrogen-bond acceptors (Lipinski definition) is 4. The van der Waals surface area contributed by atoms with Crippen molar-refractivity contribution in [2.75, 3.05) is 33.9 Å². The predicted molar refractivity (Wildman–Crippen MR) is 79.2 cm³/mol. The van der Waals surface area contributed by atoms with Crippen molar-refractivity contribution in [3.63, 3.8) is 0 Å². The van der Waals surface area contributed by atoms with E-state index in [1.54, 1.807) is 19.1 Å². The average molecular weight is 280 g/mol. The quantitative estimate of drug-likeness (QED) is 0.787. The molecule has 5 heteroatoms. The highest BCUT2D eigenvalue weighted by Gasteiger charge is 2.10. The van der Waals surface area contributed by atoms with Gasteiger partial charge in [-0.25, -0.2) is 0 Å². The number of methoxy groups -OCH3 is 1. The van der Waals surface area contributed by atoms with Gasteiger partial charge in [0.15, 0.2) is 6.61 Å². The highest BCUT2D eigenvalue weighted by molar-refractivity contribution is 5.77. The van der Waals surface area contributed by atoms with Crippen molar-refractivity contribution in [3.8, 4) is 11.5 Å². The molecule has 0 spiro atoms. The van der Waals surface area contributed by atoms with Crippen LogP contribution in [-0.4, -0.2) is 44.7 Å². The number of nitrogens with one attached hydrogen (secondary N) is 1. The van der Waals surface area contributed by atoms with Gasteiger partial charge in [0.25, 0.3) is 5.91 Å². The standard InChI is InChI=1S/C15H24N2O3/c1-5-16-10-12-7-8-13(19-4)9-14(12)20-11-15(18)17(3)6-2/h7-9,16H,5-6,10-11H2,1-4H3. The Morgan fingerprint density at radius 1 is 1.35 bits per heavy atom. The maximum atomic E-state index is 11.8. The number of amides is 1. The predicted octanol–water partition coefficient (Wildman–Crippen LogP) is 1.66. The molecule has 0 saturated carbocycles. The molecule has 0 radical (unpaired) electrons. The Morgan fingerprint density at radius 2 is 2.10 bits per heavy atom. The molecule has 1 aromatic rings. The van der Waals surface area contributed by atoms with Crippen LogP contribution in [0.15, 0.2) is 18.2 Å². The van der Waals surface area contributed by atoms with Gasteiger partial charge in [-0.05, 0) is 19.5 Å². The van der Waals surface area contributed by atoms with Crippen LogP contribution in [0.5, 0.6) is 11.5 Å². The average Bonchev–Trinajstić information content (AvgIpc) is 2.49. The largest absolute Gasteiger partial charge is 0.497 e. The molecular formula is C15H24N2O3. The Labute approximate surface area is 120 Å². The molecule has 0 unspecified atom stereocenters. The van der Waals surface area contributed by atoms with Crippen LogP contribution in [0.4, 0.5) is 0 Å². The van der Waals surface area contributed by atoms with E-state index in [1.165, 1.54) is 0 Å². The van der Waals surface area contributed by atoms with Gasteiger partial charge in [0.2, 0.25) is 0 Å². The van der Waals surface area contributed by atoms with Crippen molar-refractivity contribution in [1.29, 1.82) is 0 Å². The molecular weight excluding hydrogens is 256 g/mol. The Kier molecular flexibility index (Phi) is 6.87. The third-order valence-electron chi connectivity index (χ3n) is 3.09. The van der Waals surface area contributed by atoms with Crippen LogP contribution in [0.1, 0.15) is 19.4 Å². The Balaban J connectivity index is 2.76. The highest BCUT2D eigenvalue weighted by atomic mass is 16.5. The van der Waals surface area contributed by atoms with E-state index in [4.69, 9.17) is 9.47 Å². The van der Waals surface area contributed by atoms with Crippen molar-refractivity contribution in [3.05, 3.63) is 23.8 Å².